The van der Waals surface area contributed by atoms with Crippen molar-refractivity contribution in [3.8, 4) is 0 Å². The second-order valence-corrected chi connectivity index (χ2v) is 25.8. The summed E-state index contributed by atoms with van der Waals surface area (Å²) in [5.41, 5.74) is 22.6. The Balaban J connectivity index is 1.21. The maximum absolute atomic E-state index is 15.3. The number of hydrogen-bond acceptors (Lipinski definition) is 3. The van der Waals surface area contributed by atoms with Gasteiger partial charge in [-0.15, -0.1) is 0 Å². The molecule has 74 heavy (non-hydrogen) atoms. The molecule has 1 aliphatic carbocycles. The average molecular weight is 970 g/mol. The summed E-state index contributed by atoms with van der Waals surface area (Å²) < 4.78 is 15.3. The van der Waals surface area contributed by atoms with Gasteiger partial charge in [0.25, 0.3) is 6.71 Å². The van der Waals surface area contributed by atoms with E-state index in [4.69, 9.17) is 0 Å². The monoisotopic (exact) mass is 970 g/mol. The predicted octanol–water partition coefficient (Wildman–Crippen LogP) is 16.2. The molecule has 13 rings (SSSR count). The quantitative estimate of drug-likeness (QED) is 0.159. The molecule has 0 saturated heterocycles. The van der Waals surface area contributed by atoms with Crippen LogP contribution in [0.5, 0.6) is 0 Å². The third kappa shape index (κ3) is 6.43. The number of anilines is 8. The van der Waals surface area contributed by atoms with E-state index in [1.807, 2.05) is 12.1 Å². The lowest BCUT2D eigenvalue weighted by molar-refractivity contribution is 0.195. The highest BCUT2D eigenvalue weighted by molar-refractivity contribution is 7.01. The summed E-state index contributed by atoms with van der Waals surface area (Å²) in [5, 5.41) is 0. The Kier molecular flexibility index (Phi) is 10.0. The third-order valence-corrected chi connectivity index (χ3v) is 18.6. The molecule has 1 fully saturated rings. The van der Waals surface area contributed by atoms with Crippen LogP contribution in [0.25, 0.3) is 0 Å². The summed E-state index contributed by atoms with van der Waals surface area (Å²) in [6.45, 7) is 26.2. The number of halogens is 1. The molecule has 0 spiro atoms. The van der Waals surface area contributed by atoms with E-state index in [0.717, 1.165) is 29.9 Å². The van der Waals surface area contributed by atoms with Crippen LogP contribution >= 0.6 is 0 Å². The van der Waals surface area contributed by atoms with Crippen LogP contribution in [0.3, 0.4) is 0 Å². The lowest BCUT2D eigenvalue weighted by Gasteiger charge is -2.53. The van der Waals surface area contributed by atoms with Crippen LogP contribution in [0.1, 0.15) is 146 Å². The molecule has 1 saturated carbocycles. The minimum absolute atomic E-state index is 0.0145. The highest BCUT2D eigenvalue weighted by Crippen LogP contribution is 2.63. The lowest BCUT2D eigenvalue weighted by Crippen LogP contribution is -2.68. The Labute approximate surface area is 440 Å². The van der Waals surface area contributed by atoms with Crippen LogP contribution in [0.4, 0.5) is 49.9 Å². The van der Waals surface area contributed by atoms with Crippen molar-refractivity contribution in [3.05, 3.63) is 220 Å². The highest BCUT2D eigenvalue weighted by Gasteiger charge is 2.59. The van der Waals surface area contributed by atoms with Crippen LogP contribution in [-0.2, 0) is 27.1 Å². The molecule has 8 aromatic rings. The number of benzene rings is 8. The van der Waals surface area contributed by atoms with E-state index < -0.39 is 5.41 Å². The topological polar surface area (TPSA) is 9.72 Å². The highest BCUT2D eigenvalue weighted by atomic mass is 19.1. The zero-order valence-electron chi connectivity index (χ0n) is 45.3. The van der Waals surface area contributed by atoms with E-state index in [-0.39, 0.29) is 39.7 Å². The van der Waals surface area contributed by atoms with Gasteiger partial charge >= 0.3 is 0 Å². The summed E-state index contributed by atoms with van der Waals surface area (Å²) in [6.07, 6.45) is 4.63. The standard InChI is InChI=1S/C69H69BFN3/c1-64(2,3)46-30-35-56-55(41-46)67(10)36-18-19-37-68(67,11)74(56)52-42-59-63-60(43-52)73(51-39-47(65(4,5)6)38-48(40-51)66(7,8)9)58-29-21-27-54-62(58)70(63)61-53(26-20-28-57(61)72(59)50-33-31-49(71)32-34-50)69(54,44-22-14-12-15-23-44)45-24-16-13-17-25-45/h12-17,20-35,38-43H,18-19,36-37H2,1-11H3. The molecule has 0 aromatic heterocycles. The van der Waals surface area contributed by atoms with E-state index in [1.54, 1.807) is 12.1 Å². The first-order valence-electron chi connectivity index (χ1n) is 27.3. The van der Waals surface area contributed by atoms with Crippen molar-refractivity contribution in [1.29, 1.82) is 0 Å². The normalized spacial score (nSPS) is 20.1. The van der Waals surface area contributed by atoms with Crippen LogP contribution in [-0.4, -0.2) is 12.3 Å². The van der Waals surface area contributed by atoms with E-state index in [2.05, 4.69) is 236 Å². The molecular weight excluding hydrogens is 901 g/mol. The summed E-state index contributed by atoms with van der Waals surface area (Å²) in [7, 11) is 0. The molecule has 0 N–H and O–H groups in total. The van der Waals surface area contributed by atoms with Crippen LogP contribution in [0.2, 0.25) is 0 Å². The van der Waals surface area contributed by atoms with E-state index >= 15 is 4.39 Å². The van der Waals surface area contributed by atoms with Crippen molar-refractivity contribution in [1.82, 2.24) is 0 Å². The summed E-state index contributed by atoms with van der Waals surface area (Å²) in [5.74, 6) is -0.243. The number of hydrogen-bond donors (Lipinski definition) is 0. The fraction of sp³-hybridized carbons (Fsp3) is 0.304. The molecule has 0 amide bonds. The van der Waals surface area contributed by atoms with E-state index in [1.165, 1.54) is 102 Å². The molecular formula is C69H69BFN3. The maximum Gasteiger partial charge on any atom is 0.253 e. The largest absolute Gasteiger partial charge is 0.334 e. The zero-order chi connectivity index (χ0) is 51.5. The fourth-order valence-electron chi connectivity index (χ4n) is 14.5. The Hall–Kier alpha value is -6.85. The molecule has 2 atom stereocenters. The SMILES string of the molecule is CC(C)(C)c1cc(N2c3cc(N4c5ccc(C(C)(C)C)cc5C5(C)CCCCC45C)cc4c3B3c5c(cccc5C(c5ccccc5)(c5ccccc5)c5cccc2c53)N4c2ccc(F)cc2)cc(C(C)(C)C)c1. The number of nitrogens with zero attached hydrogens (tertiary/aromatic N) is 3. The summed E-state index contributed by atoms with van der Waals surface area (Å²) >= 11 is 0. The summed E-state index contributed by atoms with van der Waals surface area (Å²) in [4.78, 5) is 7.92. The Morgan fingerprint density at radius 2 is 0.932 bits per heavy atom. The Morgan fingerprint density at radius 1 is 0.419 bits per heavy atom. The van der Waals surface area contributed by atoms with Gasteiger partial charge in [0.05, 0.1) is 11.0 Å². The molecule has 370 valence electrons. The molecule has 4 heterocycles. The molecule has 0 radical (unpaired) electrons. The first kappa shape index (κ1) is 46.9. The van der Waals surface area contributed by atoms with Crippen LogP contribution in [0, 0.1) is 5.82 Å². The fourth-order valence-corrected chi connectivity index (χ4v) is 14.5. The van der Waals surface area contributed by atoms with Gasteiger partial charge in [-0.2, -0.15) is 0 Å². The van der Waals surface area contributed by atoms with Crippen molar-refractivity contribution < 1.29 is 4.39 Å². The van der Waals surface area contributed by atoms with Gasteiger partial charge in [-0.3, -0.25) is 0 Å². The minimum Gasteiger partial charge on any atom is -0.334 e. The average Bonchev–Trinajstić information content (AvgIpc) is 3.67. The van der Waals surface area contributed by atoms with E-state index in [9.17, 15) is 0 Å². The van der Waals surface area contributed by atoms with Crippen molar-refractivity contribution >= 4 is 68.6 Å². The molecule has 4 aliphatic heterocycles. The van der Waals surface area contributed by atoms with Gasteiger partial charge in [0.2, 0.25) is 0 Å². The van der Waals surface area contributed by atoms with Gasteiger partial charge in [0.1, 0.15) is 5.82 Å². The molecule has 5 heteroatoms. The summed E-state index contributed by atoms with van der Waals surface area (Å²) in [6, 6.07) is 63.8. The third-order valence-electron chi connectivity index (χ3n) is 18.6. The van der Waals surface area contributed by atoms with Crippen LogP contribution in [0.15, 0.2) is 170 Å². The maximum atomic E-state index is 15.3. The van der Waals surface area contributed by atoms with Gasteiger partial charge < -0.3 is 14.7 Å². The van der Waals surface area contributed by atoms with Crippen molar-refractivity contribution in [3.63, 3.8) is 0 Å². The van der Waals surface area contributed by atoms with Gasteiger partial charge in [0, 0.05) is 50.9 Å². The number of fused-ring (bicyclic) bond motifs is 3. The van der Waals surface area contributed by atoms with Crippen molar-refractivity contribution in [2.24, 2.45) is 0 Å². The minimum atomic E-state index is -0.667. The molecule has 0 bridgehead atoms. The molecule has 3 nitrogen and oxygen atoms in total. The molecule has 8 aromatic carbocycles. The van der Waals surface area contributed by atoms with Gasteiger partial charge in [0.15, 0.2) is 0 Å². The van der Waals surface area contributed by atoms with Gasteiger partial charge in [-0.05, 0) is 164 Å². The van der Waals surface area contributed by atoms with Crippen LogP contribution < -0.4 is 31.1 Å². The predicted molar refractivity (Wildman–Crippen MR) is 311 cm³/mol. The Morgan fingerprint density at radius 3 is 1.46 bits per heavy atom. The second-order valence-electron chi connectivity index (χ2n) is 25.8. The number of rotatable bonds is 5. The zero-order valence-corrected chi connectivity index (χ0v) is 45.3. The second kappa shape index (κ2) is 15.8. The lowest BCUT2D eigenvalue weighted by atomic mass is 9.28. The van der Waals surface area contributed by atoms with Gasteiger partial charge in [-0.1, -0.05) is 185 Å². The van der Waals surface area contributed by atoms with Crippen molar-refractivity contribution in [2.45, 2.75) is 134 Å². The van der Waals surface area contributed by atoms with Crippen molar-refractivity contribution in [2.75, 3.05) is 14.7 Å². The smallest absolute Gasteiger partial charge is 0.253 e. The first-order chi connectivity index (χ1) is 35.2. The first-order valence-corrected chi connectivity index (χ1v) is 27.3. The molecule has 2 unspecified atom stereocenters. The van der Waals surface area contributed by atoms with E-state index in [0.29, 0.717) is 0 Å². The van der Waals surface area contributed by atoms with Gasteiger partial charge in [-0.25, -0.2) is 4.39 Å². The Bertz CT molecular complexity index is 3510. The molecule has 5 aliphatic rings.